The Hall–Kier alpha value is -2.95. The van der Waals surface area contributed by atoms with Gasteiger partial charge in [-0.25, -0.2) is 14.6 Å². The Kier molecular flexibility index (Phi) is 3.84. The third-order valence-electron chi connectivity index (χ3n) is 2.82. The van der Waals surface area contributed by atoms with Crippen molar-refractivity contribution in [2.75, 3.05) is 5.73 Å². The first kappa shape index (κ1) is 14.5. The minimum Gasteiger partial charge on any atom is -0.481 e. The second-order valence-corrected chi connectivity index (χ2v) is 4.74. The SMILES string of the molecule is CC(C)n1nc(-c2ncc(CC(=O)O)cn2)c(C#N)c1N. The molecule has 2 heterocycles. The van der Waals surface area contributed by atoms with Gasteiger partial charge in [-0.3, -0.25) is 4.79 Å². The monoisotopic (exact) mass is 286 g/mol. The van der Waals surface area contributed by atoms with Crippen LogP contribution in [0.1, 0.15) is 31.0 Å². The van der Waals surface area contributed by atoms with Gasteiger partial charge < -0.3 is 10.8 Å². The third kappa shape index (κ3) is 2.81. The molecule has 0 saturated carbocycles. The fraction of sp³-hybridized carbons (Fsp3) is 0.308. The van der Waals surface area contributed by atoms with Crippen LogP contribution in [0.25, 0.3) is 11.5 Å². The summed E-state index contributed by atoms with van der Waals surface area (Å²) in [5.74, 6) is -0.454. The van der Waals surface area contributed by atoms with Gasteiger partial charge in [-0.2, -0.15) is 10.4 Å². The van der Waals surface area contributed by atoms with Crippen LogP contribution in [0.5, 0.6) is 0 Å². The summed E-state index contributed by atoms with van der Waals surface area (Å²) in [6, 6.07) is 2.00. The second-order valence-electron chi connectivity index (χ2n) is 4.74. The van der Waals surface area contributed by atoms with Crippen LogP contribution in [0.15, 0.2) is 12.4 Å². The van der Waals surface area contributed by atoms with Gasteiger partial charge in [0.1, 0.15) is 23.1 Å². The molecule has 8 heteroatoms. The fourth-order valence-corrected chi connectivity index (χ4v) is 1.85. The van der Waals surface area contributed by atoms with Crippen molar-refractivity contribution in [2.45, 2.75) is 26.3 Å². The molecule has 2 rings (SSSR count). The number of hydrogen-bond donors (Lipinski definition) is 2. The maximum Gasteiger partial charge on any atom is 0.307 e. The summed E-state index contributed by atoms with van der Waals surface area (Å²) in [6.45, 7) is 3.79. The Morgan fingerprint density at radius 1 is 1.48 bits per heavy atom. The summed E-state index contributed by atoms with van der Waals surface area (Å²) in [4.78, 5) is 18.8. The minimum atomic E-state index is -0.961. The third-order valence-corrected chi connectivity index (χ3v) is 2.82. The number of aromatic nitrogens is 4. The van der Waals surface area contributed by atoms with E-state index in [1.165, 1.54) is 17.1 Å². The van der Waals surface area contributed by atoms with Crippen LogP contribution in [0.2, 0.25) is 0 Å². The molecule has 0 atom stereocenters. The lowest BCUT2D eigenvalue weighted by atomic mass is 10.2. The Labute approximate surface area is 120 Å². The minimum absolute atomic E-state index is 0.00265. The first-order chi connectivity index (χ1) is 9.93. The number of anilines is 1. The Morgan fingerprint density at radius 2 is 2.10 bits per heavy atom. The van der Waals surface area contributed by atoms with Crippen molar-refractivity contribution in [1.82, 2.24) is 19.7 Å². The Morgan fingerprint density at radius 3 is 2.57 bits per heavy atom. The zero-order valence-electron chi connectivity index (χ0n) is 11.6. The van der Waals surface area contributed by atoms with Crippen molar-refractivity contribution < 1.29 is 9.90 Å². The first-order valence-electron chi connectivity index (χ1n) is 6.25. The molecule has 21 heavy (non-hydrogen) atoms. The number of nitrogens with two attached hydrogens (primary N) is 1. The standard InChI is InChI=1S/C13H14N6O2/c1-7(2)19-12(15)9(4-14)11(18-19)13-16-5-8(6-17-13)3-10(20)21/h5-7H,3,15H2,1-2H3,(H,20,21). The smallest absolute Gasteiger partial charge is 0.307 e. The van der Waals surface area contributed by atoms with Crippen LogP contribution in [0, 0.1) is 11.3 Å². The number of carboxylic acids is 1. The summed E-state index contributed by atoms with van der Waals surface area (Å²) in [5.41, 5.74) is 6.88. The molecule has 0 spiro atoms. The van der Waals surface area contributed by atoms with E-state index in [1.54, 1.807) is 0 Å². The highest BCUT2D eigenvalue weighted by Crippen LogP contribution is 2.26. The molecule has 0 unspecified atom stereocenters. The molecular weight excluding hydrogens is 272 g/mol. The van der Waals surface area contributed by atoms with E-state index in [0.717, 1.165) is 0 Å². The highest BCUT2D eigenvalue weighted by atomic mass is 16.4. The largest absolute Gasteiger partial charge is 0.481 e. The van der Waals surface area contributed by atoms with Crippen LogP contribution in [0.4, 0.5) is 5.82 Å². The van der Waals surface area contributed by atoms with Crippen molar-refractivity contribution in [3.05, 3.63) is 23.5 Å². The summed E-state index contributed by atoms with van der Waals surface area (Å²) >= 11 is 0. The number of hydrogen-bond acceptors (Lipinski definition) is 6. The van der Waals surface area contributed by atoms with E-state index in [2.05, 4.69) is 15.1 Å². The zero-order chi connectivity index (χ0) is 15.6. The second kappa shape index (κ2) is 5.58. The summed E-state index contributed by atoms with van der Waals surface area (Å²) in [6.07, 6.45) is 2.65. The average molecular weight is 286 g/mol. The molecule has 0 aliphatic heterocycles. The van der Waals surface area contributed by atoms with Gasteiger partial charge in [0, 0.05) is 18.4 Å². The Bertz CT molecular complexity index is 711. The molecule has 2 aromatic rings. The molecule has 0 saturated heterocycles. The van der Waals surface area contributed by atoms with Gasteiger partial charge in [0.2, 0.25) is 0 Å². The normalized spacial score (nSPS) is 10.6. The molecule has 0 aliphatic rings. The molecule has 0 bridgehead atoms. The van der Waals surface area contributed by atoms with Gasteiger partial charge in [0.15, 0.2) is 5.82 Å². The summed E-state index contributed by atoms with van der Waals surface area (Å²) < 4.78 is 1.53. The maximum absolute atomic E-state index is 10.6. The highest BCUT2D eigenvalue weighted by molar-refractivity contribution is 5.70. The molecule has 2 aromatic heterocycles. The quantitative estimate of drug-likeness (QED) is 0.857. The molecule has 3 N–H and O–H groups in total. The number of rotatable bonds is 4. The van der Waals surface area contributed by atoms with Crippen molar-refractivity contribution in [2.24, 2.45) is 0 Å². The topological polar surface area (TPSA) is 131 Å². The first-order valence-corrected chi connectivity index (χ1v) is 6.25. The van der Waals surface area contributed by atoms with Crippen LogP contribution in [0.3, 0.4) is 0 Å². The predicted octanol–water partition coefficient (Wildman–Crippen LogP) is 1.00. The van der Waals surface area contributed by atoms with Gasteiger partial charge in [-0.1, -0.05) is 0 Å². The van der Waals surface area contributed by atoms with Crippen LogP contribution in [-0.2, 0) is 11.2 Å². The van der Waals surface area contributed by atoms with E-state index < -0.39 is 5.97 Å². The molecule has 108 valence electrons. The number of nitriles is 1. The maximum atomic E-state index is 10.6. The summed E-state index contributed by atoms with van der Waals surface area (Å²) in [5, 5.41) is 22.2. The molecule has 0 radical (unpaired) electrons. The molecule has 0 aliphatic carbocycles. The van der Waals surface area contributed by atoms with Gasteiger partial charge in [0.05, 0.1) is 6.42 Å². The Balaban J connectivity index is 2.45. The number of nitrogens with zero attached hydrogens (tertiary/aromatic N) is 5. The van der Waals surface area contributed by atoms with E-state index in [-0.39, 0.29) is 29.7 Å². The zero-order valence-corrected chi connectivity index (χ0v) is 11.6. The fourth-order valence-electron chi connectivity index (χ4n) is 1.85. The van der Waals surface area contributed by atoms with Crippen molar-refractivity contribution in [1.29, 1.82) is 5.26 Å². The van der Waals surface area contributed by atoms with Crippen LogP contribution >= 0.6 is 0 Å². The van der Waals surface area contributed by atoms with Crippen molar-refractivity contribution in [3.63, 3.8) is 0 Å². The van der Waals surface area contributed by atoms with Gasteiger partial charge in [-0.05, 0) is 19.4 Å². The lowest BCUT2D eigenvalue weighted by molar-refractivity contribution is -0.136. The van der Waals surface area contributed by atoms with Gasteiger partial charge in [0.25, 0.3) is 0 Å². The average Bonchev–Trinajstić information content (AvgIpc) is 2.76. The van der Waals surface area contributed by atoms with Crippen LogP contribution < -0.4 is 5.73 Å². The number of nitrogen functional groups attached to an aromatic ring is 1. The van der Waals surface area contributed by atoms with Crippen molar-refractivity contribution in [3.8, 4) is 17.6 Å². The molecule has 0 amide bonds. The highest BCUT2D eigenvalue weighted by Gasteiger charge is 2.20. The molecular formula is C13H14N6O2. The van der Waals surface area contributed by atoms with Gasteiger partial charge >= 0.3 is 5.97 Å². The number of carbonyl (C=O) groups is 1. The van der Waals surface area contributed by atoms with E-state index >= 15 is 0 Å². The molecule has 8 nitrogen and oxygen atoms in total. The van der Waals surface area contributed by atoms with E-state index in [4.69, 9.17) is 10.8 Å². The lowest BCUT2D eigenvalue weighted by Gasteiger charge is -2.06. The molecule has 0 fully saturated rings. The van der Waals surface area contributed by atoms with Crippen LogP contribution in [-0.4, -0.2) is 30.8 Å². The molecule has 0 aromatic carbocycles. The van der Waals surface area contributed by atoms with Gasteiger partial charge in [-0.15, -0.1) is 0 Å². The van der Waals surface area contributed by atoms with E-state index in [9.17, 15) is 10.1 Å². The van der Waals surface area contributed by atoms with E-state index in [0.29, 0.717) is 11.3 Å². The number of aliphatic carboxylic acids is 1. The predicted molar refractivity (Wildman–Crippen MR) is 74.1 cm³/mol. The van der Waals surface area contributed by atoms with E-state index in [1.807, 2.05) is 19.9 Å². The van der Waals surface area contributed by atoms with Crippen molar-refractivity contribution >= 4 is 11.8 Å². The lowest BCUT2D eigenvalue weighted by Crippen LogP contribution is -2.07. The number of carboxylic acid groups (broad SMARTS) is 1. The summed E-state index contributed by atoms with van der Waals surface area (Å²) in [7, 11) is 0.